The maximum Gasteiger partial charge on any atom is 0.416 e. The van der Waals surface area contributed by atoms with Crippen molar-refractivity contribution in [1.82, 2.24) is 5.32 Å². The van der Waals surface area contributed by atoms with Crippen LogP contribution in [0, 0.1) is 0 Å². The highest BCUT2D eigenvalue weighted by Gasteiger charge is 2.42. The van der Waals surface area contributed by atoms with Crippen LogP contribution >= 0.6 is 11.6 Å². The summed E-state index contributed by atoms with van der Waals surface area (Å²) in [5, 5.41) is 12.2. The van der Waals surface area contributed by atoms with Crippen molar-refractivity contribution in [3.8, 4) is 16.9 Å². The summed E-state index contributed by atoms with van der Waals surface area (Å²) in [6.45, 7) is 3.32. The summed E-state index contributed by atoms with van der Waals surface area (Å²) >= 11 is 6.18. The number of carboxylic acid groups (broad SMARTS) is 1. The Balaban J connectivity index is 1.30. The molecule has 0 aliphatic carbocycles. The fourth-order valence-corrected chi connectivity index (χ4v) is 7.12. The Morgan fingerprint density at radius 3 is 2.23 bits per heavy atom. The SMILES string of the molecule is CC(C)(C(=O)O)c1ccc(OCCNC(=O)[C@@H]2Cc3ccccc3N2S(=O)(=O)c2ccc(-c3cc(C(F)(F)F)ccc3Cl)cc2)cc1. The predicted octanol–water partition coefficient (Wildman–Crippen LogP) is 6.70. The van der Waals surface area contributed by atoms with Gasteiger partial charge in [0.2, 0.25) is 5.91 Å². The van der Waals surface area contributed by atoms with Gasteiger partial charge < -0.3 is 15.2 Å². The van der Waals surface area contributed by atoms with Gasteiger partial charge in [-0.2, -0.15) is 13.2 Å². The average molecular weight is 687 g/mol. The number of anilines is 1. The number of alkyl halides is 3. The van der Waals surface area contributed by atoms with Crippen molar-refractivity contribution in [2.24, 2.45) is 0 Å². The normalized spacial score (nSPS) is 14.9. The van der Waals surface area contributed by atoms with Gasteiger partial charge in [0.05, 0.1) is 28.1 Å². The summed E-state index contributed by atoms with van der Waals surface area (Å²) in [6.07, 6.45) is -4.46. The molecule has 1 atom stereocenters. The summed E-state index contributed by atoms with van der Waals surface area (Å²) in [5.41, 5.74) is 0.0204. The van der Waals surface area contributed by atoms with E-state index in [-0.39, 0.29) is 40.6 Å². The number of sulfonamides is 1. The lowest BCUT2D eigenvalue weighted by Gasteiger charge is -2.26. The number of carbonyl (C=O) groups excluding carboxylic acids is 1. The predicted molar refractivity (Wildman–Crippen MR) is 171 cm³/mol. The molecule has 0 unspecified atom stereocenters. The lowest BCUT2D eigenvalue weighted by atomic mass is 9.85. The number of carbonyl (C=O) groups is 2. The molecular weight excluding hydrogens is 657 g/mol. The van der Waals surface area contributed by atoms with E-state index >= 15 is 0 Å². The minimum atomic E-state index is -4.58. The molecule has 0 saturated heterocycles. The Morgan fingerprint density at radius 2 is 1.60 bits per heavy atom. The van der Waals surface area contributed by atoms with Crippen LogP contribution in [0.5, 0.6) is 5.75 Å². The van der Waals surface area contributed by atoms with Gasteiger partial charge in [0.25, 0.3) is 10.0 Å². The van der Waals surface area contributed by atoms with E-state index in [4.69, 9.17) is 16.3 Å². The zero-order valence-corrected chi connectivity index (χ0v) is 26.8. The molecular formula is C34H30ClF3N2O6S. The zero-order chi connectivity index (χ0) is 34.1. The maximum atomic E-state index is 14.0. The third-order valence-corrected chi connectivity index (χ3v) is 10.2. The smallest absolute Gasteiger partial charge is 0.416 e. The number of para-hydroxylation sites is 1. The Labute approximate surface area is 274 Å². The number of nitrogens with one attached hydrogen (secondary N) is 1. The van der Waals surface area contributed by atoms with Crippen LogP contribution in [0.2, 0.25) is 5.02 Å². The minimum absolute atomic E-state index is 0.0639. The largest absolute Gasteiger partial charge is 0.492 e. The highest BCUT2D eigenvalue weighted by molar-refractivity contribution is 7.93. The van der Waals surface area contributed by atoms with Crippen molar-refractivity contribution in [3.05, 3.63) is 113 Å². The highest BCUT2D eigenvalue weighted by Crippen LogP contribution is 2.39. The van der Waals surface area contributed by atoms with E-state index in [9.17, 15) is 36.3 Å². The second-order valence-electron chi connectivity index (χ2n) is 11.5. The van der Waals surface area contributed by atoms with Gasteiger partial charge in [-0.3, -0.25) is 13.9 Å². The van der Waals surface area contributed by atoms with E-state index in [1.165, 1.54) is 24.3 Å². The first-order valence-corrected chi connectivity index (χ1v) is 16.3. The summed E-state index contributed by atoms with van der Waals surface area (Å²) in [6, 6.07) is 20.4. The molecule has 1 amide bonds. The lowest BCUT2D eigenvalue weighted by Crippen LogP contribution is -2.48. The monoisotopic (exact) mass is 686 g/mol. The number of rotatable bonds is 10. The molecule has 1 aliphatic rings. The van der Waals surface area contributed by atoms with E-state index in [2.05, 4.69) is 5.32 Å². The number of aliphatic carboxylic acids is 1. The van der Waals surface area contributed by atoms with Crippen LogP contribution in [0.4, 0.5) is 18.9 Å². The van der Waals surface area contributed by atoms with Gasteiger partial charge in [-0.25, -0.2) is 8.42 Å². The first-order chi connectivity index (χ1) is 22.1. The lowest BCUT2D eigenvalue weighted by molar-refractivity contribution is -0.142. The quantitative estimate of drug-likeness (QED) is 0.180. The van der Waals surface area contributed by atoms with Gasteiger partial charge >= 0.3 is 12.1 Å². The van der Waals surface area contributed by atoms with E-state index in [0.29, 0.717) is 22.6 Å². The Kier molecular flexibility index (Phi) is 9.29. The van der Waals surface area contributed by atoms with Gasteiger partial charge in [0.15, 0.2) is 0 Å². The number of hydrogen-bond acceptors (Lipinski definition) is 5. The first kappa shape index (κ1) is 33.8. The molecule has 8 nitrogen and oxygen atoms in total. The molecule has 0 fully saturated rings. The third kappa shape index (κ3) is 6.93. The number of carboxylic acids is 1. The topological polar surface area (TPSA) is 113 Å². The molecule has 0 aromatic heterocycles. The molecule has 4 aromatic rings. The van der Waals surface area contributed by atoms with Gasteiger partial charge in [0.1, 0.15) is 18.4 Å². The van der Waals surface area contributed by atoms with E-state index in [1.807, 2.05) is 0 Å². The van der Waals surface area contributed by atoms with Crippen LogP contribution in [0.15, 0.2) is 95.9 Å². The van der Waals surface area contributed by atoms with E-state index in [0.717, 1.165) is 22.5 Å². The van der Waals surface area contributed by atoms with Gasteiger partial charge in [-0.05, 0) is 79.1 Å². The summed E-state index contributed by atoms with van der Waals surface area (Å²) in [7, 11) is -4.30. The first-order valence-electron chi connectivity index (χ1n) is 14.4. The molecule has 0 spiro atoms. The number of benzene rings is 4. The minimum Gasteiger partial charge on any atom is -0.492 e. The number of hydrogen-bond donors (Lipinski definition) is 2. The fourth-order valence-electron chi connectivity index (χ4n) is 5.25. The molecule has 0 bridgehead atoms. The standard InChI is InChI=1S/C34H30ClF3N2O6S/c1-33(2,32(42)43)23-9-12-25(13-10-23)46-18-17-39-31(41)30-19-22-5-3-4-6-29(22)40(30)47(44,45)26-14-7-21(8-15-26)27-20-24(34(36,37)38)11-16-28(27)35/h3-16,20,30H,17-19H2,1-2H3,(H,39,41)(H,42,43)/t30-/m0/s1. The second kappa shape index (κ2) is 12.9. The van der Waals surface area contributed by atoms with Crippen molar-refractivity contribution in [2.75, 3.05) is 17.5 Å². The Morgan fingerprint density at radius 1 is 0.957 bits per heavy atom. The molecule has 13 heteroatoms. The Hall–Kier alpha value is -4.55. The molecule has 4 aromatic carbocycles. The summed E-state index contributed by atoms with van der Waals surface area (Å²) in [5.74, 6) is -1.04. The molecule has 5 rings (SSSR count). The third-order valence-electron chi connectivity index (χ3n) is 8.02. The van der Waals surface area contributed by atoms with Crippen LogP contribution in [-0.4, -0.2) is 44.6 Å². The molecule has 0 saturated carbocycles. The van der Waals surface area contributed by atoms with Crippen molar-refractivity contribution in [2.45, 2.75) is 42.8 Å². The molecule has 1 aliphatic heterocycles. The van der Waals surface area contributed by atoms with Crippen molar-refractivity contribution < 1.29 is 41.0 Å². The van der Waals surface area contributed by atoms with Gasteiger partial charge in [-0.1, -0.05) is 54.1 Å². The number of amides is 1. The van der Waals surface area contributed by atoms with Crippen molar-refractivity contribution in [1.29, 1.82) is 0 Å². The van der Waals surface area contributed by atoms with E-state index in [1.54, 1.807) is 62.4 Å². The van der Waals surface area contributed by atoms with E-state index < -0.39 is 45.1 Å². The molecule has 0 radical (unpaired) electrons. The molecule has 2 N–H and O–H groups in total. The van der Waals surface area contributed by atoms with Crippen molar-refractivity contribution in [3.63, 3.8) is 0 Å². The van der Waals surface area contributed by atoms with Crippen LogP contribution < -0.4 is 14.4 Å². The van der Waals surface area contributed by atoms with Crippen LogP contribution in [0.3, 0.4) is 0 Å². The summed E-state index contributed by atoms with van der Waals surface area (Å²) in [4.78, 5) is 24.7. The number of ether oxygens (including phenoxy) is 1. The van der Waals surface area contributed by atoms with Crippen LogP contribution in [0.25, 0.3) is 11.1 Å². The average Bonchev–Trinajstić information content (AvgIpc) is 3.44. The second-order valence-corrected chi connectivity index (χ2v) is 13.7. The molecule has 1 heterocycles. The maximum absolute atomic E-state index is 14.0. The zero-order valence-electron chi connectivity index (χ0n) is 25.2. The van der Waals surface area contributed by atoms with Gasteiger partial charge in [-0.15, -0.1) is 0 Å². The number of halogens is 4. The molecule has 246 valence electrons. The fraction of sp³-hybridized carbons (Fsp3) is 0.235. The highest BCUT2D eigenvalue weighted by atomic mass is 35.5. The van der Waals surface area contributed by atoms with Crippen molar-refractivity contribution >= 4 is 39.2 Å². The number of fused-ring (bicyclic) bond motifs is 1. The number of nitrogens with zero attached hydrogens (tertiary/aromatic N) is 1. The van der Waals surface area contributed by atoms with Crippen LogP contribution in [-0.2, 0) is 37.6 Å². The summed E-state index contributed by atoms with van der Waals surface area (Å²) < 4.78 is 74.6. The van der Waals surface area contributed by atoms with Gasteiger partial charge in [0, 0.05) is 17.0 Å². The molecule has 47 heavy (non-hydrogen) atoms. The van der Waals surface area contributed by atoms with Crippen LogP contribution in [0.1, 0.15) is 30.5 Å². The Bertz CT molecular complexity index is 1910.